The Morgan fingerprint density at radius 1 is 0.235 bits per heavy atom. The van der Waals surface area contributed by atoms with Crippen molar-refractivity contribution in [2.24, 2.45) is 0 Å². The lowest BCUT2D eigenvalue weighted by Gasteiger charge is -2.26. The van der Waals surface area contributed by atoms with Gasteiger partial charge in [0, 0.05) is 28.0 Å². The van der Waals surface area contributed by atoms with E-state index in [1.54, 1.807) is 0 Å². The minimum atomic E-state index is 0.856. The van der Waals surface area contributed by atoms with Gasteiger partial charge in [-0.3, -0.25) is 0 Å². The third kappa shape index (κ3) is 7.95. The Hall–Kier alpha value is -8.98. The first-order chi connectivity index (χ1) is 33.7. The lowest BCUT2D eigenvalue weighted by molar-refractivity contribution is 0.632. The Kier molecular flexibility index (Phi) is 10.6. The molecule has 0 aliphatic heterocycles. The fourth-order valence-electron chi connectivity index (χ4n) is 9.57. The topological polar surface area (TPSA) is 16.4 Å². The summed E-state index contributed by atoms with van der Waals surface area (Å²) in [7, 11) is 0. The zero-order chi connectivity index (χ0) is 45.2. The number of furan rings is 1. The molecule has 1 heterocycles. The van der Waals surface area contributed by atoms with Crippen molar-refractivity contribution in [1.29, 1.82) is 0 Å². The number of nitrogens with zero attached hydrogens (tertiary/aromatic N) is 1. The highest BCUT2D eigenvalue weighted by molar-refractivity contribution is 5.97. The highest BCUT2D eigenvalue weighted by atomic mass is 16.3. The molecule has 0 radical (unpaired) electrons. The van der Waals surface area contributed by atoms with Crippen LogP contribution in [0.5, 0.6) is 0 Å². The molecule has 2 nitrogen and oxygen atoms in total. The second kappa shape index (κ2) is 17.8. The molecule has 0 aliphatic rings. The Balaban J connectivity index is 0.884. The second-order valence-corrected chi connectivity index (χ2v) is 17.3. The molecular weight excluding hydrogens is 823 g/mol. The van der Waals surface area contributed by atoms with E-state index in [2.05, 4.69) is 266 Å². The summed E-state index contributed by atoms with van der Waals surface area (Å²) < 4.78 is 6.48. The van der Waals surface area contributed by atoms with E-state index in [9.17, 15) is 0 Å². The maximum atomic E-state index is 6.48. The van der Waals surface area contributed by atoms with Crippen molar-refractivity contribution in [3.63, 3.8) is 0 Å². The molecule has 0 aliphatic carbocycles. The summed E-state index contributed by atoms with van der Waals surface area (Å²) in [5, 5.41) is 3.61. The summed E-state index contributed by atoms with van der Waals surface area (Å²) in [5.41, 5.74) is 19.3. The monoisotopic (exact) mass is 867 g/mol. The van der Waals surface area contributed by atoms with E-state index in [1.165, 1.54) is 55.3 Å². The number of fused-ring (bicyclic) bond motifs is 2. The summed E-state index contributed by atoms with van der Waals surface area (Å²) >= 11 is 0. The lowest BCUT2D eigenvalue weighted by Crippen LogP contribution is -2.09. The molecule has 1 aromatic heterocycles. The standard InChI is InChI=1S/C66H45NO/c1-3-12-46(13-4-1)47-22-24-48(25-23-47)50-30-37-58(38-31-50)67(59-39-32-51(33-40-59)49-26-28-55(29-27-49)62-20-11-18-54-16-7-9-19-61(54)62)60-41-34-52(35-42-60)56-36-43-63(53-14-5-2-6-15-53)64(44-56)66-45-57-17-8-10-21-65(57)68-66/h1-45H. The maximum Gasteiger partial charge on any atom is 0.136 e. The van der Waals surface area contributed by atoms with Crippen molar-refractivity contribution < 1.29 is 4.42 Å². The number of anilines is 3. The zero-order valence-electron chi connectivity index (χ0n) is 37.3. The molecule has 0 N–H and O–H groups in total. The number of hydrogen-bond donors (Lipinski definition) is 0. The van der Waals surface area contributed by atoms with Crippen LogP contribution in [0.1, 0.15) is 0 Å². The van der Waals surface area contributed by atoms with Crippen LogP contribution >= 0.6 is 0 Å². The molecule has 0 spiro atoms. The van der Waals surface area contributed by atoms with Crippen LogP contribution in [-0.2, 0) is 0 Å². The van der Waals surface area contributed by atoms with E-state index in [4.69, 9.17) is 4.42 Å². The van der Waals surface area contributed by atoms with Gasteiger partial charge in [0.1, 0.15) is 11.3 Å². The van der Waals surface area contributed by atoms with Crippen molar-refractivity contribution in [2.45, 2.75) is 0 Å². The molecule has 12 rings (SSSR count). The first kappa shape index (κ1) is 40.5. The average Bonchev–Trinajstić information content (AvgIpc) is 3.87. The normalized spacial score (nSPS) is 11.2. The fourth-order valence-corrected chi connectivity index (χ4v) is 9.57. The molecular formula is C66H45NO. The largest absolute Gasteiger partial charge is 0.456 e. The third-order valence-corrected chi connectivity index (χ3v) is 13.1. The summed E-state index contributed by atoms with van der Waals surface area (Å²) in [4.78, 5) is 2.35. The molecule has 11 aromatic carbocycles. The summed E-state index contributed by atoms with van der Waals surface area (Å²) in [6.07, 6.45) is 0. The molecule has 0 fully saturated rings. The van der Waals surface area contributed by atoms with Crippen molar-refractivity contribution >= 4 is 38.8 Å². The average molecular weight is 868 g/mol. The van der Waals surface area contributed by atoms with E-state index in [0.717, 1.165) is 61.6 Å². The third-order valence-electron chi connectivity index (χ3n) is 13.1. The SMILES string of the molecule is c1ccc(-c2ccc(-c3ccc(N(c4ccc(-c5ccc(-c6cccc7ccccc67)cc5)cc4)c4ccc(-c5ccc(-c6ccccc6)c(-c6cc7ccccc7o6)c5)cc4)cc3)cc2)cc1. The highest BCUT2D eigenvalue weighted by Crippen LogP contribution is 2.41. The maximum absolute atomic E-state index is 6.48. The number of benzene rings is 11. The molecule has 0 bridgehead atoms. The van der Waals surface area contributed by atoms with Crippen LogP contribution in [0.3, 0.4) is 0 Å². The predicted molar refractivity (Wildman–Crippen MR) is 286 cm³/mol. The van der Waals surface area contributed by atoms with Gasteiger partial charge in [0.2, 0.25) is 0 Å². The van der Waals surface area contributed by atoms with Crippen molar-refractivity contribution in [3.05, 3.63) is 273 Å². The van der Waals surface area contributed by atoms with Gasteiger partial charge >= 0.3 is 0 Å². The van der Waals surface area contributed by atoms with Gasteiger partial charge in [-0.2, -0.15) is 0 Å². The Morgan fingerprint density at radius 3 is 1.19 bits per heavy atom. The van der Waals surface area contributed by atoms with Crippen molar-refractivity contribution in [1.82, 2.24) is 0 Å². The van der Waals surface area contributed by atoms with Crippen LogP contribution in [0, 0.1) is 0 Å². The van der Waals surface area contributed by atoms with Gasteiger partial charge < -0.3 is 9.32 Å². The number of hydrogen-bond acceptors (Lipinski definition) is 2. The Morgan fingerprint density at radius 2 is 0.632 bits per heavy atom. The molecule has 0 saturated carbocycles. The zero-order valence-corrected chi connectivity index (χ0v) is 37.3. The van der Waals surface area contributed by atoms with Gasteiger partial charge in [0.05, 0.1) is 0 Å². The highest BCUT2D eigenvalue weighted by Gasteiger charge is 2.17. The van der Waals surface area contributed by atoms with Gasteiger partial charge in [-0.1, -0.05) is 218 Å². The molecule has 2 heteroatoms. The van der Waals surface area contributed by atoms with Crippen LogP contribution in [0.15, 0.2) is 277 Å². The second-order valence-electron chi connectivity index (χ2n) is 17.3. The van der Waals surface area contributed by atoms with Crippen LogP contribution in [0.4, 0.5) is 17.1 Å². The van der Waals surface area contributed by atoms with Crippen LogP contribution in [-0.4, -0.2) is 0 Å². The van der Waals surface area contributed by atoms with E-state index in [-0.39, 0.29) is 0 Å². The van der Waals surface area contributed by atoms with Crippen LogP contribution < -0.4 is 4.90 Å². The molecule has 0 atom stereocenters. The van der Waals surface area contributed by atoms with Gasteiger partial charge in [-0.25, -0.2) is 0 Å². The summed E-state index contributed by atoms with van der Waals surface area (Å²) in [5.74, 6) is 0.856. The Bertz CT molecular complexity index is 3630. The van der Waals surface area contributed by atoms with Gasteiger partial charge in [-0.15, -0.1) is 0 Å². The minimum absolute atomic E-state index is 0.856. The summed E-state index contributed by atoms with van der Waals surface area (Å²) in [6.45, 7) is 0. The van der Waals surface area contributed by atoms with E-state index in [1.807, 2.05) is 12.1 Å². The van der Waals surface area contributed by atoms with Gasteiger partial charge in [0.15, 0.2) is 0 Å². The van der Waals surface area contributed by atoms with Gasteiger partial charge in [-0.05, 0) is 132 Å². The molecule has 320 valence electrons. The van der Waals surface area contributed by atoms with Crippen molar-refractivity contribution in [2.75, 3.05) is 4.90 Å². The van der Waals surface area contributed by atoms with Crippen molar-refractivity contribution in [3.8, 4) is 78.1 Å². The molecule has 0 unspecified atom stereocenters. The molecule has 68 heavy (non-hydrogen) atoms. The first-order valence-electron chi connectivity index (χ1n) is 23.2. The lowest BCUT2D eigenvalue weighted by atomic mass is 9.93. The predicted octanol–water partition coefficient (Wildman–Crippen LogP) is 18.7. The first-order valence-corrected chi connectivity index (χ1v) is 23.2. The summed E-state index contributed by atoms with van der Waals surface area (Å²) in [6, 6.07) is 97.9. The molecule has 12 aromatic rings. The quantitative estimate of drug-likeness (QED) is 0.136. The van der Waals surface area contributed by atoms with E-state index in [0.29, 0.717) is 0 Å². The molecule has 0 saturated heterocycles. The number of para-hydroxylation sites is 1. The Labute approximate surface area is 397 Å². The minimum Gasteiger partial charge on any atom is -0.456 e. The van der Waals surface area contributed by atoms with E-state index >= 15 is 0 Å². The van der Waals surface area contributed by atoms with Crippen LogP contribution in [0.25, 0.3) is 99.8 Å². The smallest absolute Gasteiger partial charge is 0.136 e. The number of rotatable bonds is 10. The van der Waals surface area contributed by atoms with Gasteiger partial charge in [0.25, 0.3) is 0 Å². The molecule has 0 amide bonds. The fraction of sp³-hybridized carbons (Fsp3) is 0. The van der Waals surface area contributed by atoms with Crippen LogP contribution in [0.2, 0.25) is 0 Å². The van der Waals surface area contributed by atoms with E-state index < -0.39 is 0 Å².